The number of para-hydroxylation sites is 1. The maximum absolute atomic E-state index is 12.7. The number of anilines is 2. The van der Waals surface area contributed by atoms with Crippen molar-refractivity contribution in [2.45, 2.75) is 19.8 Å². The van der Waals surface area contributed by atoms with Crippen LogP contribution in [-0.4, -0.2) is 43.4 Å². The number of hydrogen-bond acceptors (Lipinski definition) is 3. The molecular weight excluding hydrogens is 338 g/mol. The Morgan fingerprint density at radius 1 is 1.07 bits per heavy atom. The van der Waals surface area contributed by atoms with E-state index in [0.717, 1.165) is 37.3 Å². The smallest absolute Gasteiger partial charge is 0.253 e. The van der Waals surface area contributed by atoms with Crippen LogP contribution in [0.25, 0.3) is 0 Å². The third kappa shape index (κ3) is 4.88. The van der Waals surface area contributed by atoms with E-state index in [4.69, 9.17) is 0 Å². The number of carbonyl (C=O) groups excluding carboxylic acids is 2. The van der Waals surface area contributed by atoms with Crippen molar-refractivity contribution in [2.75, 3.05) is 36.9 Å². The predicted octanol–water partition coefficient (Wildman–Crippen LogP) is 3.63. The molecule has 5 heteroatoms. The topological polar surface area (TPSA) is 52.7 Å². The molecule has 142 valence electrons. The van der Waals surface area contributed by atoms with E-state index in [1.165, 1.54) is 0 Å². The van der Waals surface area contributed by atoms with Crippen LogP contribution >= 0.6 is 0 Å². The van der Waals surface area contributed by atoms with Gasteiger partial charge >= 0.3 is 0 Å². The first-order valence-corrected chi connectivity index (χ1v) is 9.49. The Morgan fingerprint density at radius 3 is 2.48 bits per heavy atom. The summed E-state index contributed by atoms with van der Waals surface area (Å²) in [5, 5.41) is 3.14. The molecule has 0 unspecified atom stereocenters. The van der Waals surface area contributed by atoms with E-state index in [2.05, 4.69) is 12.2 Å². The summed E-state index contributed by atoms with van der Waals surface area (Å²) in [6, 6.07) is 16.9. The number of piperidine rings is 1. The van der Waals surface area contributed by atoms with Crippen molar-refractivity contribution in [3.8, 4) is 0 Å². The number of likely N-dealkylation sites (tertiary alicyclic amines) is 1. The Labute approximate surface area is 161 Å². The minimum absolute atomic E-state index is 0.0389. The van der Waals surface area contributed by atoms with Crippen LogP contribution in [0, 0.1) is 5.92 Å². The van der Waals surface area contributed by atoms with E-state index in [1.807, 2.05) is 59.5 Å². The number of carbonyl (C=O) groups is 2. The second kappa shape index (κ2) is 8.71. The first-order valence-electron chi connectivity index (χ1n) is 9.49. The summed E-state index contributed by atoms with van der Waals surface area (Å²) in [5.74, 6) is 0.718. The Kier molecular flexibility index (Phi) is 6.12. The van der Waals surface area contributed by atoms with Gasteiger partial charge in [0.1, 0.15) is 0 Å². The minimum Gasteiger partial charge on any atom is -0.376 e. The van der Waals surface area contributed by atoms with Gasteiger partial charge in [0.25, 0.3) is 5.91 Å². The zero-order valence-corrected chi connectivity index (χ0v) is 16.0. The maximum Gasteiger partial charge on any atom is 0.253 e. The Bertz CT molecular complexity index is 783. The van der Waals surface area contributed by atoms with Gasteiger partial charge in [0.05, 0.1) is 6.54 Å². The van der Waals surface area contributed by atoms with Gasteiger partial charge in [-0.3, -0.25) is 9.59 Å². The van der Waals surface area contributed by atoms with Gasteiger partial charge in [0.15, 0.2) is 0 Å². The van der Waals surface area contributed by atoms with Crippen LogP contribution in [0.15, 0.2) is 54.6 Å². The highest BCUT2D eigenvalue weighted by Crippen LogP contribution is 2.20. The highest BCUT2D eigenvalue weighted by atomic mass is 16.2. The van der Waals surface area contributed by atoms with Crippen LogP contribution in [0.5, 0.6) is 0 Å². The third-order valence-electron chi connectivity index (χ3n) is 5.14. The van der Waals surface area contributed by atoms with E-state index in [-0.39, 0.29) is 18.4 Å². The molecule has 1 heterocycles. The van der Waals surface area contributed by atoms with E-state index >= 15 is 0 Å². The van der Waals surface area contributed by atoms with E-state index in [9.17, 15) is 9.59 Å². The monoisotopic (exact) mass is 365 g/mol. The van der Waals surface area contributed by atoms with Crippen molar-refractivity contribution >= 4 is 23.2 Å². The number of rotatable bonds is 5. The molecule has 2 amide bonds. The van der Waals surface area contributed by atoms with Crippen LogP contribution in [-0.2, 0) is 4.79 Å². The van der Waals surface area contributed by atoms with Crippen LogP contribution in [0.1, 0.15) is 30.1 Å². The Balaban J connectivity index is 1.59. The molecule has 1 fully saturated rings. The molecule has 0 spiro atoms. The number of benzene rings is 2. The van der Waals surface area contributed by atoms with Crippen molar-refractivity contribution in [1.82, 2.24) is 4.90 Å². The number of amides is 2. The number of hydrogen-bond donors (Lipinski definition) is 1. The molecular formula is C22H27N3O2. The molecule has 0 atom stereocenters. The molecule has 2 aromatic rings. The fraction of sp³-hybridized carbons (Fsp3) is 0.364. The van der Waals surface area contributed by atoms with Gasteiger partial charge in [-0.1, -0.05) is 31.2 Å². The Morgan fingerprint density at radius 2 is 1.78 bits per heavy atom. The van der Waals surface area contributed by atoms with E-state index < -0.39 is 0 Å². The van der Waals surface area contributed by atoms with Gasteiger partial charge in [-0.2, -0.15) is 0 Å². The van der Waals surface area contributed by atoms with Crippen LogP contribution in [0.3, 0.4) is 0 Å². The molecule has 0 aliphatic carbocycles. The number of likely N-dealkylation sites (N-methyl/N-ethyl adjacent to an activating group) is 1. The van der Waals surface area contributed by atoms with Crippen molar-refractivity contribution in [3.63, 3.8) is 0 Å². The summed E-state index contributed by atoms with van der Waals surface area (Å²) in [4.78, 5) is 28.7. The number of nitrogens with one attached hydrogen (secondary N) is 1. The molecule has 1 saturated heterocycles. The fourth-order valence-corrected chi connectivity index (χ4v) is 3.25. The summed E-state index contributed by atoms with van der Waals surface area (Å²) in [5.41, 5.74) is 2.30. The van der Waals surface area contributed by atoms with Crippen molar-refractivity contribution in [3.05, 3.63) is 60.2 Å². The van der Waals surface area contributed by atoms with Gasteiger partial charge < -0.3 is 15.1 Å². The van der Waals surface area contributed by atoms with Crippen molar-refractivity contribution in [2.24, 2.45) is 5.92 Å². The lowest BCUT2D eigenvalue weighted by Gasteiger charge is -2.30. The molecule has 1 aliphatic rings. The molecule has 0 bridgehead atoms. The SMILES string of the molecule is CC1CCN(C(=O)c2cccc(NCC(=O)N(C)c3ccccc3)c2)CC1. The summed E-state index contributed by atoms with van der Waals surface area (Å²) in [7, 11) is 1.76. The Hall–Kier alpha value is -2.82. The van der Waals surface area contributed by atoms with Crippen LogP contribution in [0.4, 0.5) is 11.4 Å². The van der Waals surface area contributed by atoms with Crippen LogP contribution in [0.2, 0.25) is 0 Å². The average Bonchev–Trinajstić information content (AvgIpc) is 2.72. The summed E-state index contributed by atoms with van der Waals surface area (Å²) >= 11 is 0. The number of nitrogens with zero attached hydrogens (tertiary/aromatic N) is 2. The second-order valence-electron chi connectivity index (χ2n) is 7.20. The third-order valence-corrected chi connectivity index (χ3v) is 5.14. The molecule has 2 aromatic carbocycles. The highest BCUT2D eigenvalue weighted by molar-refractivity contribution is 5.97. The zero-order chi connectivity index (χ0) is 19.2. The molecule has 5 nitrogen and oxygen atoms in total. The van der Waals surface area contributed by atoms with Gasteiger partial charge in [0, 0.05) is 37.1 Å². The highest BCUT2D eigenvalue weighted by Gasteiger charge is 2.21. The van der Waals surface area contributed by atoms with E-state index in [1.54, 1.807) is 11.9 Å². The molecule has 0 aromatic heterocycles. The van der Waals surface area contributed by atoms with E-state index in [0.29, 0.717) is 11.5 Å². The normalized spacial score (nSPS) is 14.7. The van der Waals surface area contributed by atoms with Gasteiger partial charge in [-0.05, 0) is 49.1 Å². The first-order chi connectivity index (χ1) is 13.0. The van der Waals surface area contributed by atoms with Gasteiger partial charge in [-0.15, -0.1) is 0 Å². The molecule has 1 N–H and O–H groups in total. The maximum atomic E-state index is 12.7. The first kappa shape index (κ1) is 19.0. The fourth-order valence-electron chi connectivity index (χ4n) is 3.25. The minimum atomic E-state index is -0.0389. The molecule has 3 rings (SSSR count). The van der Waals surface area contributed by atoms with Gasteiger partial charge in [-0.25, -0.2) is 0 Å². The lowest BCUT2D eigenvalue weighted by atomic mass is 9.98. The van der Waals surface area contributed by atoms with Gasteiger partial charge in [0.2, 0.25) is 5.91 Å². The quantitative estimate of drug-likeness (QED) is 0.880. The standard InChI is InChI=1S/C22H27N3O2/c1-17-11-13-25(14-12-17)22(27)18-7-6-8-19(15-18)23-16-21(26)24(2)20-9-4-3-5-10-20/h3-10,15,17,23H,11-14,16H2,1-2H3. The molecule has 27 heavy (non-hydrogen) atoms. The van der Waals surface area contributed by atoms with Crippen LogP contribution < -0.4 is 10.2 Å². The molecule has 1 aliphatic heterocycles. The average molecular weight is 365 g/mol. The summed E-state index contributed by atoms with van der Waals surface area (Å²) in [6.45, 7) is 4.04. The van der Waals surface area contributed by atoms with Crippen molar-refractivity contribution in [1.29, 1.82) is 0 Å². The summed E-state index contributed by atoms with van der Waals surface area (Å²) < 4.78 is 0. The predicted molar refractivity (Wildman–Crippen MR) is 109 cm³/mol. The lowest BCUT2D eigenvalue weighted by molar-refractivity contribution is -0.116. The molecule has 0 saturated carbocycles. The second-order valence-corrected chi connectivity index (χ2v) is 7.20. The summed E-state index contributed by atoms with van der Waals surface area (Å²) in [6.07, 6.45) is 2.12. The zero-order valence-electron chi connectivity index (χ0n) is 16.0. The largest absolute Gasteiger partial charge is 0.376 e. The van der Waals surface area contributed by atoms with Crippen molar-refractivity contribution < 1.29 is 9.59 Å². The lowest BCUT2D eigenvalue weighted by Crippen LogP contribution is -2.37. The molecule has 0 radical (unpaired) electrons.